The van der Waals surface area contributed by atoms with E-state index < -0.39 is 29.5 Å². The second kappa shape index (κ2) is 19.6. The van der Waals surface area contributed by atoms with Crippen molar-refractivity contribution in [3.8, 4) is 44.5 Å². The van der Waals surface area contributed by atoms with Crippen LogP contribution < -0.4 is 9.80 Å². The molecule has 0 spiro atoms. The first-order chi connectivity index (χ1) is 37.6. The van der Waals surface area contributed by atoms with Crippen LogP contribution in [0.5, 0.6) is 0 Å². The second-order valence-electron chi connectivity index (χ2n) is 20.4. The number of hydrogen-bond acceptors (Lipinski definition) is 2. The molecule has 8 heteroatoms. The molecule has 0 aromatic heterocycles. The highest BCUT2D eigenvalue weighted by molar-refractivity contribution is 5.92. The van der Waals surface area contributed by atoms with Crippen LogP contribution in [0.2, 0.25) is 0 Å². The molecule has 2 atom stereocenters. The predicted molar refractivity (Wildman–Crippen MR) is 306 cm³/mol. The molecule has 0 bridgehead atoms. The molecule has 0 amide bonds. The van der Waals surface area contributed by atoms with Gasteiger partial charge >= 0.3 is 12.4 Å². The first-order valence-corrected chi connectivity index (χ1v) is 26.0. The van der Waals surface area contributed by atoms with E-state index in [2.05, 4.69) is 171 Å². The van der Waals surface area contributed by atoms with Gasteiger partial charge < -0.3 is 9.80 Å². The molecule has 0 radical (unpaired) electrons. The number of hydrogen-bond donors (Lipinski definition) is 0. The van der Waals surface area contributed by atoms with E-state index in [9.17, 15) is 26.3 Å². The molecule has 4 aliphatic rings. The predicted octanol–water partition coefficient (Wildman–Crippen LogP) is 19.7. The molecular formula is C70H52F6N2. The quantitative estimate of drug-likeness (QED) is 0.126. The van der Waals surface area contributed by atoms with E-state index in [1.807, 2.05) is 48.5 Å². The molecule has 0 N–H and O–H groups in total. The first kappa shape index (κ1) is 50.0. The highest BCUT2D eigenvalue weighted by Gasteiger charge is 2.41. The van der Waals surface area contributed by atoms with Crippen LogP contribution in [0, 0.1) is 33.6 Å². The fraction of sp³-hybridized carbons (Fsp3) is 0.114. The van der Waals surface area contributed by atoms with Crippen molar-refractivity contribution >= 4 is 22.7 Å². The van der Waals surface area contributed by atoms with E-state index in [0.717, 1.165) is 136 Å². The number of aryl methyl sites for hydroxylation is 4. The first-order valence-electron chi connectivity index (χ1n) is 26.0. The summed E-state index contributed by atoms with van der Waals surface area (Å²) >= 11 is 0. The van der Waals surface area contributed by atoms with Crippen molar-refractivity contribution in [3.05, 3.63) is 298 Å². The molecule has 8 aromatic carbocycles. The molecule has 8 aromatic rings. The summed E-state index contributed by atoms with van der Waals surface area (Å²) in [6, 6.07) is 55.8. The maximum Gasteiger partial charge on any atom is 0.416 e. The smallest absolute Gasteiger partial charge is 0.330 e. The van der Waals surface area contributed by atoms with E-state index >= 15 is 0 Å². The average molecular weight is 1040 g/mol. The maximum atomic E-state index is 14.3. The fourth-order valence-electron chi connectivity index (χ4n) is 11.8. The molecule has 2 unspecified atom stereocenters. The zero-order chi connectivity index (χ0) is 54.0. The van der Waals surface area contributed by atoms with Gasteiger partial charge in [0.1, 0.15) is 0 Å². The van der Waals surface area contributed by atoms with E-state index in [4.69, 9.17) is 0 Å². The average Bonchev–Trinajstić information content (AvgIpc) is 3.63. The minimum absolute atomic E-state index is 0.309. The summed E-state index contributed by atoms with van der Waals surface area (Å²) < 4.78 is 85.9. The number of alkyl halides is 6. The molecule has 0 aliphatic heterocycles. The van der Waals surface area contributed by atoms with Crippen molar-refractivity contribution in [1.29, 1.82) is 0 Å². The Balaban J connectivity index is 1.04. The maximum absolute atomic E-state index is 14.3. The van der Waals surface area contributed by atoms with Crippen LogP contribution in [0.15, 0.2) is 264 Å². The van der Waals surface area contributed by atoms with Crippen LogP contribution in [0.25, 0.3) is 44.5 Å². The molecule has 78 heavy (non-hydrogen) atoms. The van der Waals surface area contributed by atoms with Gasteiger partial charge in [-0.1, -0.05) is 152 Å². The van der Waals surface area contributed by atoms with Gasteiger partial charge in [-0.3, -0.25) is 0 Å². The lowest BCUT2D eigenvalue weighted by molar-refractivity contribution is -0.138. The molecule has 0 saturated carbocycles. The number of halogens is 6. The monoisotopic (exact) mass is 1030 g/mol. The third kappa shape index (κ3) is 8.95. The van der Waals surface area contributed by atoms with Crippen molar-refractivity contribution in [2.24, 2.45) is 5.92 Å². The fourth-order valence-corrected chi connectivity index (χ4v) is 11.8. The lowest BCUT2D eigenvalue weighted by Crippen LogP contribution is -2.37. The molecule has 12 rings (SSSR count). The lowest BCUT2D eigenvalue weighted by Gasteiger charge is -2.44. The van der Waals surface area contributed by atoms with Crippen LogP contribution in [0.4, 0.5) is 49.1 Å². The van der Waals surface area contributed by atoms with E-state index in [0.29, 0.717) is 11.4 Å². The highest BCUT2D eigenvalue weighted by Crippen LogP contribution is 2.54. The lowest BCUT2D eigenvalue weighted by atomic mass is 9.67. The van der Waals surface area contributed by atoms with Gasteiger partial charge in [-0.05, 0) is 190 Å². The van der Waals surface area contributed by atoms with Crippen LogP contribution in [-0.4, -0.2) is 6.04 Å². The van der Waals surface area contributed by atoms with E-state index in [1.165, 1.54) is 0 Å². The Morgan fingerprint density at radius 3 is 1.40 bits per heavy atom. The summed E-state index contributed by atoms with van der Waals surface area (Å²) in [5.74, 6) is -0.309. The van der Waals surface area contributed by atoms with E-state index in [1.54, 1.807) is 24.3 Å². The molecule has 0 heterocycles. The summed E-state index contributed by atoms with van der Waals surface area (Å²) in [7, 11) is 0. The van der Waals surface area contributed by atoms with Gasteiger partial charge in [0.05, 0.1) is 28.6 Å². The molecule has 0 saturated heterocycles. The normalized spacial score (nSPS) is 16.5. The number of anilines is 4. The summed E-state index contributed by atoms with van der Waals surface area (Å²) in [5, 5.41) is 0. The number of nitrogens with zero attached hydrogens (tertiary/aromatic N) is 2. The third-order valence-corrected chi connectivity index (χ3v) is 15.7. The van der Waals surface area contributed by atoms with Crippen LogP contribution in [0.1, 0.15) is 33.4 Å². The number of rotatable bonds is 10. The second-order valence-corrected chi connectivity index (χ2v) is 20.4. The largest absolute Gasteiger partial charge is 0.416 e. The van der Waals surface area contributed by atoms with Crippen molar-refractivity contribution in [1.82, 2.24) is 0 Å². The van der Waals surface area contributed by atoms with Crippen molar-refractivity contribution in [2.75, 3.05) is 9.80 Å². The van der Waals surface area contributed by atoms with Crippen LogP contribution in [0.3, 0.4) is 0 Å². The standard InChI is InChI=1S/C70H52F6N2/c1-43-13-5-9-17-55(43)49-25-39-65(61(41-49)57-19-11-7-15-45(57)3)77(53-31-27-51(28-32-53)69(71,72)73)63-37-23-47-22-36-60-64(38-24-48-21-35-59(63)67(47)68(48)60)78(54-33-29-52(30-34-54)70(74,75)76)66-40-26-50(56-18-10-6-14-44(56)2)42-62(66)58-20-12-8-16-46(58)4/h5-42,63,68H,1-4H3. The highest BCUT2D eigenvalue weighted by atomic mass is 19.4. The number of benzene rings is 8. The molecule has 384 valence electrons. The Labute approximate surface area is 451 Å². The summed E-state index contributed by atoms with van der Waals surface area (Å²) in [4.78, 5) is 4.25. The molecule has 4 aliphatic carbocycles. The Morgan fingerprint density at radius 1 is 0.410 bits per heavy atom. The van der Waals surface area contributed by atoms with Gasteiger partial charge in [0.25, 0.3) is 0 Å². The summed E-state index contributed by atoms with van der Waals surface area (Å²) in [6.07, 6.45) is 7.85. The van der Waals surface area contributed by atoms with Crippen molar-refractivity contribution in [3.63, 3.8) is 0 Å². The Kier molecular flexibility index (Phi) is 12.6. The Bertz CT molecular complexity index is 3930. The van der Waals surface area contributed by atoms with E-state index in [-0.39, 0.29) is 5.92 Å². The third-order valence-electron chi connectivity index (χ3n) is 15.7. The van der Waals surface area contributed by atoms with Gasteiger partial charge in [0.15, 0.2) is 0 Å². The van der Waals surface area contributed by atoms with Gasteiger partial charge in [0.2, 0.25) is 0 Å². The Morgan fingerprint density at radius 2 is 0.885 bits per heavy atom. The SMILES string of the molecule is Cc1ccccc1-c1ccc(N(C2=C3C=CC4=C5C(=CC=C(C=C2)C35)C(N(c2ccc(C(F)(F)F)cc2)c2ccc(-c3ccccc3C)cc2-c2ccccc2C)C=C4)c2ccc(C(F)(F)F)cc2)c(-c2ccccc2C)c1. The molecular weight excluding hydrogens is 983 g/mol. The zero-order valence-electron chi connectivity index (χ0n) is 43.3. The zero-order valence-corrected chi connectivity index (χ0v) is 43.3. The molecule has 0 fully saturated rings. The van der Waals surface area contributed by atoms with Gasteiger partial charge in [0, 0.05) is 34.1 Å². The summed E-state index contributed by atoms with van der Waals surface area (Å²) in [6.45, 7) is 8.31. The van der Waals surface area contributed by atoms with Crippen LogP contribution >= 0.6 is 0 Å². The Hall–Kier alpha value is -8.88. The number of allylic oxidation sites excluding steroid dienone is 10. The summed E-state index contributed by atoms with van der Waals surface area (Å²) in [5.41, 5.74) is 19.3. The topological polar surface area (TPSA) is 6.48 Å². The minimum Gasteiger partial charge on any atom is -0.330 e. The van der Waals surface area contributed by atoms with Gasteiger partial charge in [-0.2, -0.15) is 26.3 Å². The van der Waals surface area contributed by atoms with Crippen molar-refractivity contribution < 1.29 is 26.3 Å². The minimum atomic E-state index is -4.54. The van der Waals surface area contributed by atoms with Crippen molar-refractivity contribution in [2.45, 2.75) is 46.1 Å². The van der Waals surface area contributed by atoms with Gasteiger partial charge in [-0.25, -0.2) is 0 Å². The van der Waals surface area contributed by atoms with Crippen LogP contribution in [-0.2, 0) is 12.4 Å². The molecule has 2 nitrogen and oxygen atoms in total. The van der Waals surface area contributed by atoms with Gasteiger partial charge in [-0.15, -0.1) is 0 Å².